The van der Waals surface area contributed by atoms with Crippen LogP contribution < -0.4 is 0 Å². The molecule has 0 saturated heterocycles. The Kier molecular flexibility index (Phi) is 3.49. The van der Waals surface area contributed by atoms with Gasteiger partial charge in [-0.25, -0.2) is 4.68 Å². The zero-order chi connectivity index (χ0) is 12.1. The van der Waals surface area contributed by atoms with Crippen LogP contribution in [0.4, 0.5) is 0 Å². The van der Waals surface area contributed by atoms with Crippen LogP contribution in [0.25, 0.3) is 11.6 Å². The van der Waals surface area contributed by atoms with Crippen LogP contribution in [-0.4, -0.2) is 31.3 Å². The van der Waals surface area contributed by atoms with E-state index in [0.29, 0.717) is 31.0 Å². The number of hydrogen-bond acceptors (Lipinski definition) is 5. The van der Waals surface area contributed by atoms with E-state index in [-0.39, 0.29) is 6.42 Å². The SMILES string of the molecule is O=C(O)CCCCn1nnnc1-c1ccco1. The molecule has 0 atom stereocenters. The predicted molar refractivity (Wildman–Crippen MR) is 57.0 cm³/mol. The van der Waals surface area contributed by atoms with Gasteiger partial charge in [-0.2, -0.15) is 0 Å². The zero-order valence-electron chi connectivity index (χ0n) is 9.11. The summed E-state index contributed by atoms with van der Waals surface area (Å²) >= 11 is 0. The van der Waals surface area contributed by atoms with E-state index in [0.717, 1.165) is 0 Å². The van der Waals surface area contributed by atoms with Gasteiger partial charge in [-0.1, -0.05) is 0 Å². The molecule has 2 heterocycles. The molecule has 0 bridgehead atoms. The second kappa shape index (κ2) is 5.24. The molecule has 0 amide bonds. The van der Waals surface area contributed by atoms with Crippen molar-refractivity contribution >= 4 is 5.97 Å². The van der Waals surface area contributed by atoms with Gasteiger partial charge in [0.25, 0.3) is 0 Å². The zero-order valence-corrected chi connectivity index (χ0v) is 9.11. The fraction of sp³-hybridized carbons (Fsp3) is 0.400. The van der Waals surface area contributed by atoms with Crippen LogP contribution in [0.2, 0.25) is 0 Å². The van der Waals surface area contributed by atoms with Gasteiger partial charge in [0, 0.05) is 13.0 Å². The van der Waals surface area contributed by atoms with E-state index in [4.69, 9.17) is 9.52 Å². The minimum absolute atomic E-state index is 0.165. The van der Waals surface area contributed by atoms with E-state index < -0.39 is 5.97 Å². The first kappa shape index (κ1) is 11.3. The lowest BCUT2D eigenvalue weighted by Crippen LogP contribution is -2.04. The van der Waals surface area contributed by atoms with E-state index >= 15 is 0 Å². The molecule has 2 aromatic heterocycles. The number of carboxylic acid groups (broad SMARTS) is 1. The standard InChI is InChI=1S/C10H12N4O3/c15-9(16)5-1-2-6-14-10(11-12-13-14)8-4-3-7-17-8/h3-4,7H,1-2,5-6H2,(H,15,16). The molecule has 90 valence electrons. The number of aliphatic carboxylic acids is 1. The fourth-order valence-corrected chi connectivity index (χ4v) is 1.48. The van der Waals surface area contributed by atoms with Gasteiger partial charge < -0.3 is 9.52 Å². The highest BCUT2D eigenvalue weighted by Crippen LogP contribution is 2.16. The number of tetrazole rings is 1. The average Bonchev–Trinajstić information content (AvgIpc) is 2.94. The van der Waals surface area contributed by atoms with Gasteiger partial charge in [-0.05, 0) is 35.4 Å². The fourth-order valence-electron chi connectivity index (χ4n) is 1.48. The number of hydrogen-bond donors (Lipinski definition) is 1. The van der Waals surface area contributed by atoms with E-state index in [1.165, 1.54) is 0 Å². The van der Waals surface area contributed by atoms with Crippen LogP contribution >= 0.6 is 0 Å². The summed E-state index contributed by atoms with van der Waals surface area (Å²) in [5, 5.41) is 19.8. The molecule has 0 aliphatic heterocycles. The molecule has 0 aromatic carbocycles. The van der Waals surface area contributed by atoms with Crippen LogP contribution in [0, 0.1) is 0 Å². The molecule has 0 aliphatic carbocycles. The van der Waals surface area contributed by atoms with Gasteiger partial charge in [0.2, 0.25) is 5.82 Å². The van der Waals surface area contributed by atoms with Gasteiger partial charge >= 0.3 is 5.97 Å². The third kappa shape index (κ3) is 2.90. The number of furan rings is 1. The van der Waals surface area contributed by atoms with Crippen molar-refractivity contribution in [2.45, 2.75) is 25.8 Å². The van der Waals surface area contributed by atoms with E-state index in [1.54, 1.807) is 23.1 Å². The molecular formula is C10H12N4O3. The molecule has 2 rings (SSSR count). The number of carboxylic acids is 1. The van der Waals surface area contributed by atoms with Crippen molar-refractivity contribution in [3.8, 4) is 11.6 Å². The van der Waals surface area contributed by atoms with Crippen molar-refractivity contribution in [3.05, 3.63) is 18.4 Å². The predicted octanol–water partition coefficient (Wildman–Crippen LogP) is 1.19. The Morgan fingerprint density at radius 1 is 1.47 bits per heavy atom. The molecule has 0 radical (unpaired) electrons. The Hall–Kier alpha value is -2.18. The van der Waals surface area contributed by atoms with Crippen molar-refractivity contribution in [1.29, 1.82) is 0 Å². The van der Waals surface area contributed by atoms with Gasteiger partial charge in [-0.3, -0.25) is 4.79 Å². The molecular weight excluding hydrogens is 224 g/mol. The van der Waals surface area contributed by atoms with Gasteiger partial charge in [-0.15, -0.1) is 5.10 Å². The Bertz CT molecular complexity index is 477. The lowest BCUT2D eigenvalue weighted by molar-refractivity contribution is -0.137. The van der Waals surface area contributed by atoms with Crippen LogP contribution in [-0.2, 0) is 11.3 Å². The molecule has 0 unspecified atom stereocenters. The van der Waals surface area contributed by atoms with Crippen molar-refractivity contribution in [1.82, 2.24) is 20.2 Å². The van der Waals surface area contributed by atoms with Gasteiger partial charge in [0.1, 0.15) is 0 Å². The van der Waals surface area contributed by atoms with Crippen molar-refractivity contribution in [2.75, 3.05) is 0 Å². The van der Waals surface area contributed by atoms with E-state index in [9.17, 15) is 4.79 Å². The molecule has 2 aromatic rings. The number of unbranched alkanes of at least 4 members (excludes halogenated alkanes) is 1. The van der Waals surface area contributed by atoms with Crippen LogP contribution in [0.3, 0.4) is 0 Å². The number of rotatable bonds is 6. The maximum absolute atomic E-state index is 10.4. The number of aryl methyl sites for hydroxylation is 1. The third-order valence-electron chi connectivity index (χ3n) is 2.28. The Morgan fingerprint density at radius 3 is 3.06 bits per heavy atom. The first-order valence-electron chi connectivity index (χ1n) is 5.29. The largest absolute Gasteiger partial charge is 0.481 e. The summed E-state index contributed by atoms with van der Waals surface area (Å²) in [5.41, 5.74) is 0. The summed E-state index contributed by atoms with van der Waals surface area (Å²) < 4.78 is 6.82. The van der Waals surface area contributed by atoms with Gasteiger partial charge in [0.15, 0.2) is 5.76 Å². The van der Waals surface area contributed by atoms with E-state index in [1.807, 2.05) is 0 Å². The molecule has 17 heavy (non-hydrogen) atoms. The summed E-state index contributed by atoms with van der Waals surface area (Å²) in [4.78, 5) is 10.4. The van der Waals surface area contributed by atoms with Crippen molar-refractivity contribution in [2.24, 2.45) is 0 Å². The topological polar surface area (TPSA) is 94.0 Å². The third-order valence-corrected chi connectivity index (χ3v) is 2.28. The Morgan fingerprint density at radius 2 is 2.35 bits per heavy atom. The summed E-state index contributed by atoms with van der Waals surface area (Å²) in [7, 11) is 0. The molecule has 0 aliphatic rings. The molecule has 1 N–H and O–H groups in total. The molecule has 7 heteroatoms. The maximum Gasteiger partial charge on any atom is 0.303 e. The minimum atomic E-state index is -0.784. The number of nitrogens with zero attached hydrogens (tertiary/aromatic N) is 4. The molecule has 0 saturated carbocycles. The number of carbonyl (C=O) groups is 1. The van der Waals surface area contributed by atoms with Crippen LogP contribution in [0.15, 0.2) is 22.8 Å². The Balaban J connectivity index is 1.93. The smallest absolute Gasteiger partial charge is 0.303 e. The molecule has 0 fully saturated rings. The lowest BCUT2D eigenvalue weighted by atomic mass is 10.2. The summed E-state index contributed by atoms with van der Waals surface area (Å²) in [6, 6.07) is 3.54. The average molecular weight is 236 g/mol. The first-order chi connectivity index (χ1) is 8.27. The molecule has 0 spiro atoms. The maximum atomic E-state index is 10.4. The first-order valence-corrected chi connectivity index (χ1v) is 5.29. The normalized spacial score (nSPS) is 10.6. The quantitative estimate of drug-likeness (QED) is 0.757. The Labute approximate surface area is 97.0 Å². The minimum Gasteiger partial charge on any atom is -0.481 e. The van der Waals surface area contributed by atoms with Crippen molar-refractivity contribution < 1.29 is 14.3 Å². The van der Waals surface area contributed by atoms with E-state index in [2.05, 4.69) is 15.5 Å². The summed E-state index contributed by atoms with van der Waals surface area (Å²) in [6.07, 6.45) is 3.04. The second-order valence-corrected chi connectivity index (χ2v) is 3.55. The second-order valence-electron chi connectivity index (χ2n) is 3.55. The summed E-state index contributed by atoms with van der Waals surface area (Å²) in [6.45, 7) is 0.580. The lowest BCUT2D eigenvalue weighted by Gasteiger charge is -2.01. The number of aromatic nitrogens is 4. The van der Waals surface area contributed by atoms with Gasteiger partial charge in [0.05, 0.1) is 6.26 Å². The molecule has 7 nitrogen and oxygen atoms in total. The summed E-state index contributed by atoms with van der Waals surface area (Å²) in [5.74, 6) is 0.381. The highest BCUT2D eigenvalue weighted by Gasteiger charge is 2.10. The highest BCUT2D eigenvalue weighted by atomic mass is 16.4. The van der Waals surface area contributed by atoms with Crippen LogP contribution in [0.1, 0.15) is 19.3 Å². The van der Waals surface area contributed by atoms with Crippen LogP contribution in [0.5, 0.6) is 0 Å². The van der Waals surface area contributed by atoms with Crippen molar-refractivity contribution in [3.63, 3.8) is 0 Å². The highest BCUT2D eigenvalue weighted by molar-refractivity contribution is 5.66. The monoisotopic (exact) mass is 236 g/mol.